The lowest BCUT2D eigenvalue weighted by Crippen LogP contribution is -2.19. The fourth-order valence-corrected chi connectivity index (χ4v) is 2.84. The molecule has 0 saturated heterocycles. The summed E-state index contributed by atoms with van der Waals surface area (Å²) in [6.07, 6.45) is 4.94. The number of aromatic nitrogens is 2. The molecule has 144 valence electrons. The molecule has 0 radical (unpaired) electrons. The van der Waals surface area contributed by atoms with Crippen LogP contribution in [-0.4, -0.2) is 28.9 Å². The Bertz CT molecular complexity index is 656. The van der Waals surface area contributed by atoms with Gasteiger partial charge in [-0.25, -0.2) is 4.98 Å². The number of hydrogen-bond acceptors (Lipinski definition) is 3. The van der Waals surface area contributed by atoms with Crippen LogP contribution >= 0.6 is 23.2 Å². The number of ether oxygens (including phenoxy) is 2. The molecule has 0 unspecified atom stereocenters. The van der Waals surface area contributed by atoms with Crippen molar-refractivity contribution < 1.29 is 22.6 Å². The second kappa shape index (κ2) is 9.92. The van der Waals surface area contributed by atoms with Crippen molar-refractivity contribution in [3.05, 3.63) is 40.9 Å². The third-order valence-electron chi connectivity index (χ3n) is 3.49. The zero-order valence-corrected chi connectivity index (χ0v) is 15.4. The number of aryl methyl sites for hydroxylation is 1. The highest BCUT2D eigenvalue weighted by atomic mass is 35.5. The maximum absolute atomic E-state index is 12.2. The van der Waals surface area contributed by atoms with Gasteiger partial charge in [0.25, 0.3) is 0 Å². The molecule has 0 aliphatic carbocycles. The molecule has 1 aromatic carbocycles. The lowest BCUT2D eigenvalue weighted by molar-refractivity contribution is -0.153. The number of rotatable bonds is 10. The first-order valence-corrected chi connectivity index (χ1v) is 8.88. The Labute approximate surface area is 159 Å². The molecule has 0 aliphatic heterocycles. The van der Waals surface area contributed by atoms with Crippen molar-refractivity contribution >= 4 is 23.2 Å². The second-order valence-electron chi connectivity index (χ2n) is 5.68. The Morgan fingerprint density at radius 1 is 1.00 bits per heavy atom. The van der Waals surface area contributed by atoms with Crippen LogP contribution in [-0.2, 0) is 6.54 Å². The van der Waals surface area contributed by atoms with Crippen molar-refractivity contribution in [3.8, 4) is 11.5 Å². The molecule has 2 rings (SSSR count). The Balaban J connectivity index is 1.70. The molecular formula is C17H19Cl2F3N2O2. The third kappa shape index (κ3) is 7.33. The summed E-state index contributed by atoms with van der Waals surface area (Å²) in [6, 6.07) is 2.53. The Morgan fingerprint density at radius 2 is 1.69 bits per heavy atom. The van der Waals surface area contributed by atoms with Gasteiger partial charge in [-0.3, -0.25) is 0 Å². The summed E-state index contributed by atoms with van der Waals surface area (Å²) in [4.78, 5) is 3.98. The van der Waals surface area contributed by atoms with E-state index in [1.807, 2.05) is 10.8 Å². The van der Waals surface area contributed by atoms with Gasteiger partial charge in [0.1, 0.15) is 5.75 Å². The SMILES string of the molecule is FC(F)(F)COc1cc(Cl)c(OCCCCCCn2ccnc2)c(Cl)c1. The van der Waals surface area contributed by atoms with Crippen LogP contribution in [0.3, 0.4) is 0 Å². The van der Waals surface area contributed by atoms with E-state index in [1.54, 1.807) is 12.5 Å². The minimum Gasteiger partial charge on any atom is -0.490 e. The average Bonchev–Trinajstić information content (AvgIpc) is 3.07. The molecular weight excluding hydrogens is 392 g/mol. The fraction of sp³-hybridized carbons (Fsp3) is 0.471. The summed E-state index contributed by atoms with van der Waals surface area (Å²) in [5.74, 6) is 0.204. The number of nitrogens with zero attached hydrogens (tertiary/aromatic N) is 2. The first-order chi connectivity index (χ1) is 12.3. The molecule has 4 nitrogen and oxygen atoms in total. The van der Waals surface area contributed by atoms with Crippen LogP contribution in [0, 0.1) is 0 Å². The summed E-state index contributed by atoms with van der Waals surface area (Å²) < 4.78 is 48.7. The van der Waals surface area contributed by atoms with E-state index < -0.39 is 12.8 Å². The zero-order valence-electron chi connectivity index (χ0n) is 13.9. The number of alkyl halides is 3. The highest BCUT2D eigenvalue weighted by Crippen LogP contribution is 2.37. The maximum atomic E-state index is 12.2. The van der Waals surface area contributed by atoms with Gasteiger partial charge < -0.3 is 14.0 Å². The van der Waals surface area contributed by atoms with E-state index >= 15 is 0 Å². The standard InChI is InChI=1S/C17H19Cl2F3N2O2/c18-14-9-13(26-11-17(20,21)22)10-15(19)16(14)25-8-4-2-1-3-6-24-7-5-23-12-24/h5,7,9-10,12H,1-4,6,8,11H2. The molecule has 0 spiro atoms. The van der Waals surface area contributed by atoms with Crippen molar-refractivity contribution in [2.75, 3.05) is 13.2 Å². The lowest BCUT2D eigenvalue weighted by atomic mass is 10.2. The number of benzene rings is 1. The Kier molecular flexibility index (Phi) is 7.90. The van der Waals surface area contributed by atoms with Crippen LogP contribution in [0.4, 0.5) is 13.2 Å². The van der Waals surface area contributed by atoms with E-state index in [2.05, 4.69) is 9.72 Å². The van der Waals surface area contributed by atoms with E-state index in [-0.39, 0.29) is 21.5 Å². The number of hydrogen-bond donors (Lipinski definition) is 0. The Hall–Kier alpha value is -1.60. The van der Waals surface area contributed by atoms with Gasteiger partial charge in [-0.15, -0.1) is 0 Å². The molecule has 0 atom stereocenters. The minimum atomic E-state index is -4.42. The van der Waals surface area contributed by atoms with Gasteiger partial charge in [0, 0.05) is 31.1 Å². The van der Waals surface area contributed by atoms with Gasteiger partial charge in [-0.2, -0.15) is 13.2 Å². The normalized spacial score (nSPS) is 11.6. The summed E-state index contributed by atoms with van der Waals surface area (Å²) in [5, 5.41) is 0.240. The quantitative estimate of drug-likeness (QED) is 0.466. The van der Waals surface area contributed by atoms with Crippen molar-refractivity contribution in [1.29, 1.82) is 0 Å². The van der Waals surface area contributed by atoms with Gasteiger partial charge in [0.2, 0.25) is 0 Å². The van der Waals surface area contributed by atoms with Crippen LogP contribution in [0.2, 0.25) is 10.0 Å². The van der Waals surface area contributed by atoms with Gasteiger partial charge >= 0.3 is 6.18 Å². The molecule has 2 aromatic rings. The molecule has 1 aromatic heterocycles. The summed E-state index contributed by atoms with van der Waals surface area (Å²) in [5.41, 5.74) is 0. The summed E-state index contributed by atoms with van der Waals surface area (Å²) in [7, 11) is 0. The van der Waals surface area contributed by atoms with Crippen LogP contribution < -0.4 is 9.47 Å². The third-order valence-corrected chi connectivity index (χ3v) is 4.05. The first kappa shape index (κ1) is 20.7. The van der Waals surface area contributed by atoms with E-state index in [0.717, 1.165) is 32.2 Å². The van der Waals surface area contributed by atoms with Crippen molar-refractivity contribution in [1.82, 2.24) is 9.55 Å². The lowest BCUT2D eigenvalue weighted by Gasteiger charge is -2.13. The molecule has 0 saturated carbocycles. The summed E-state index contributed by atoms with van der Waals surface area (Å²) >= 11 is 12.0. The van der Waals surface area contributed by atoms with Gasteiger partial charge in [-0.1, -0.05) is 36.0 Å². The van der Waals surface area contributed by atoms with Crippen molar-refractivity contribution in [3.63, 3.8) is 0 Å². The van der Waals surface area contributed by atoms with E-state index in [1.165, 1.54) is 12.1 Å². The Morgan fingerprint density at radius 3 is 2.31 bits per heavy atom. The monoisotopic (exact) mass is 410 g/mol. The predicted octanol–water partition coefficient (Wildman–Crippen LogP) is 5.77. The van der Waals surface area contributed by atoms with Crippen LogP contribution in [0.25, 0.3) is 0 Å². The number of halogens is 5. The average molecular weight is 411 g/mol. The molecule has 0 N–H and O–H groups in total. The predicted molar refractivity (Wildman–Crippen MR) is 94.2 cm³/mol. The van der Waals surface area contributed by atoms with E-state index in [4.69, 9.17) is 27.9 Å². The topological polar surface area (TPSA) is 36.3 Å². The highest BCUT2D eigenvalue weighted by Gasteiger charge is 2.28. The van der Waals surface area contributed by atoms with E-state index in [0.29, 0.717) is 6.61 Å². The maximum Gasteiger partial charge on any atom is 0.422 e. The molecule has 26 heavy (non-hydrogen) atoms. The van der Waals surface area contributed by atoms with Gasteiger partial charge in [-0.05, 0) is 12.8 Å². The van der Waals surface area contributed by atoms with Gasteiger partial charge in [0.15, 0.2) is 12.4 Å². The molecule has 0 aliphatic rings. The molecule has 0 fully saturated rings. The molecule has 0 bridgehead atoms. The first-order valence-electron chi connectivity index (χ1n) is 8.12. The largest absolute Gasteiger partial charge is 0.490 e. The molecule has 9 heteroatoms. The minimum absolute atomic E-state index is 0.0517. The molecule has 0 amide bonds. The van der Waals surface area contributed by atoms with Gasteiger partial charge in [0.05, 0.1) is 23.0 Å². The summed E-state index contributed by atoms with van der Waals surface area (Å²) in [6.45, 7) is -0.0515. The van der Waals surface area contributed by atoms with Crippen molar-refractivity contribution in [2.45, 2.75) is 38.4 Å². The number of imidazole rings is 1. The van der Waals surface area contributed by atoms with Crippen molar-refractivity contribution in [2.24, 2.45) is 0 Å². The van der Waals surface area contributed by atoms with E-state index in [9.17, 15) is 13.2 Å². The second-order valence-corrected chi connectivity index (χ2v) is 6.50. The highest BCUT2D eigenvalue weighted by molar-refractivity contribution is 6.37. The van der Waals surface area contributed by atoms with Crippen LogP contribution in [0.15, 0.2) is 30.9 Å². The zero-order chi connectivity index (χ0) is 19.0. The molecule has 1 heterocycles. The fourth-order valence-electron chi connectivity index (χ4n) is 2.27. The van der Waals surface area contributed by atoms with Crippen LogP contribution in [0.5, 0.6) is 11.5 Å². The smallest absolute Gasteiger partial charge is 0.422 e. The number of unbranched alkanes of at least 4 members (excludes halogenated alkanes) is 3. The van der Waals surface area contributed by atoms with Crippen LogP contribution in [0.1, 0.15) is 25.7 Å².